The lowest BCUT2D eigenvalue weighted by Gasteiger charge is -2.14. The molecule has 2 aromatic rings. The molecule has 0 bridgehead atoms. The number of aromatic amines is 1. The summed E-state index contributed by atoms with van der Waals surface area (Å²) in [6, 6.07) is 7.07. The molecule has 0 saturated heterocycles. The highest BCUT2D eigenvalue weighted by Crippen LogP contribution is 2.12. The van der Waals surface area contributed by atoms with E-state index in [1.54, 1.807) is 18.2 Å². The first-order chi connectivity index (χ1) is 11.0. The second-order valence-corrected chi connectivity index (χ2v) is 5.41. The summed E-state index contributed by atoms with van der Waals surface area (Å²) < 4.78 is 6.36. The smallest absolute Gasteiger partial charge is 0.330 e. The van der Waals surface area contributed by atoms with E-state index in [4.69, 9.17) is 26.6 Å². The lowest BCUT2D eigenvalue weighted by atomic mass is 10.1. The third-order valence-electron chi connectivity index (χ3n) is 3.22. The average Bonchev–Trinajstić information content (AvgIpc) is 2.52. The SMILES string of the molecule is O=c1[nH]c(=O)n(COC(CO)CO)cc1Cc1cccc(Cl)c1. The summed E-state index contributed by atoms with van der Waals surface area (Å²) in [7, 11) is 0. The van der Waals surface area contributed by atoms with Crippen molar-refractivity contribution in [2.75, 3.05) is 13.2 Å². The van der Waals surface area contributed by atoms with Gasteiger partial charge in [0.2, 0.25) is 0 Å². The zero-order valence-electron chi connectivity index (χ0n) is 12.2. The van der Waals surface area contributed by atoms with E-state index in [0.717, 1.165) is 5.56 Å². The van der Waals surface area contributed by atoms with Gasteiger partial charge in [0, 0.05) is 23.2 Å². The van der Waals surface area contributed by atoms with Crippen molar-refractivity contribution >= 4 is 11.6 Å². The second-order valence-electron chi connectivity index (χ2n) is 4.97. The molecule has 0 amide bonds. The molecule has 0 atom stereocenters. The standard InChI is InChI=1S/C15H17ClN2O5/c16-12-3-1-2-10(5-12)4-11-6-18(15(22)17-14(11)21)9-23-13(7-19)8-20/h1-3,5-6,13,19-20H,4,7-9H2,(H,17,21,22). The van der Waals surface area contributed by atoms with Crippen LogP contribution in [0.2, 0.25) is 5.02 Å². The zero-order valence-corrected chi connectivity index (χ0v) is 13.0. The topological polar surface area (TPSA) is 105 Å². The Kier molecular flexibility index (Phi) is 6.12. The minimum absolute atomic E-state index is 0.191. The molecule has 23 heavy (non-hydrogen) atoms. The molecule has 0 aliphatic carbocycles. The zero-order chi connectivity index (χ0) is 16.8. The molecule has 1 heterocycles. The van der Waals surface area contributed by atoms with E-state index in [9.17, 15) is 9.59 Å². The number of H-pyrrole nitrogens is 1. The molecule has 0 radical (unpaired) electrons. The van der Waals surface area contributed by atoms with Gasteiger partial charge in [0.05, 0.1) is 13.2 Å². The number of halogens is 1. The fourth-order valence-electron chi connectivity index (χ4n) is 1.99. The highest BCUT2D eigenvalue weighted by Gasteiger charge is 2.09. The van der Waals surface area contributed by atoms with E-state index in [-0.39, 0.29) is 19.9 Å². The van der Waals surface area contributed by atoms with Gasteiger partial charge in [-0.05, 0) is 17.7 Å². The molecule has 0 aliphatic rings. The van der Waals surface area contributed by atoms with E-state index in [1.807, 2.05) is 6.07 Å². The van der Waals surface area contributed by atoms with Crippen molar-refractivity contribution in [1.82, 2.24) is 9.55 Å². The number of benzene rings is 1. The van der Waals surface area contributed by atoms with E-state index in [2.05, 4.69) is 4.98 Å². The highest BCUT2D eigenvalue weighted by atomic mass is 35.5. The lowest BCUT2D eigenvalue weighted by Crippen LogP contribution is -2.34. The van der Waals surface area contributed by atoms with Crippen LogP contribution in [0.5, 0.6) is 0 Å². The molecule has 0 aliphatic heterocycles. The third kappa shape index (κ3) is 4.77. The fourth-order valence-corrected chi connectivity index (χ4v) is 2.20. The Morgan fingerprint density at radius 3 is 2.65 bits per heavy atom. The van der Waals surface area contributed by atoms with Crippen molar-refractivity contribution < 1.29 is 14.9 Å². The van der Waals surface area contributed by atoms with Crippen molar-refractivity contribution in [1.29, 1.82) is 0 Å². The predicted molar refractivity (Wildman–Crippen MR) is 84.6 cm³/mol. The minimum atomic E-state index is -0.787. The van der Waals surface area contributed by atoms with Crippen LogP contribution in [0.4, 0.5) is 0 Å². The molecule has 0 saturated carbocycles. The molecule has 1 aromatic carbocycles. The summed E-state index contributed by atoms with van der Waals surface area (Å²) in [4.78, 5) is 25.9. The maximum atomic E-state index is 11.9. The third-order valence-corrected chi connectivity index (χ3v) is 3.46. The summed E-state index contributed by atoms with van der Waals surface area (Å²) in [6.07, 6.45) is 0.915. The molecule has 124 valence electrons. The van der Waals surface area contributed by atoms with Crippen LogP contribution in [-0.2, 0) is 17.9 Å². The first-order valence-corrected chi connectivity index (χ1v) is 7.31. The average molecular weight is 341 g/mol. The molecular weight excluding hydrogens is 324 g/mol. The van der Waals surface area contributed by atoms with Gasteiger partial charge in [-0.15, -0.1) is 0 Å². The van der Waals surface area contributed by atoms with Crippen molar-refractivity contribution in [3.63, 3.8) is 0 Å². The molecule has 1 aromatic heterocycles. The Morgan fingerprint density at radius 2 is 2.00 bits per heavy atom. The van der Waals surface area contributed by atoms with Crippen LogP contribution < -0.4 is 11.2 Å². The number of hydrogen-bond acceptors (Lipinski definition) is 5. The van der Waals surface area contributed by atoms with Gasteiger partial charge < -0.3 is 14.9 Å². The van der Waals surface area contributed by atoms with Gasteiger partial charge in [-0.1, -0.05) is 23.7 Å². The molecule has 0 unspecified atom stereocenters. The molecular formula is C15H17ClN2O5. The Labute approximate surface area is 136 Å². The fraction of sp³-hybridized carbons (Fsp3) is 0.333. The monoisotopic (exact) mass is 340 g/mol. The summed E-state index contributed by atoms with van der Waals surface area (Å²) in [5.41, 5.74) is 0.101. The van der Waals surface area contributed by atoms with Gasteiger partial charge in [-0.2, -0.15) is 0 Å². The summed E-state index contributed by atoms with van der Waals surface area (Å²) in [5.74, 6) is 0. The molecule has 7 nitrogen and oxygen atoms in total. The Balaban J connectivity index is 2.22. The lowest BCUT2D eigenvalue weighted by molar-refractivity contribution is -0.0513. The van der Waals surface area contributed by atoms with Crippen LogP contribution in [0.25, 0.3) is 0 Å². The normalized spacial score (nSPS) is 11.1. The highest BCUT2D eigenvalue weighted by molar-refractivity contribution is 6.30. The van der Waals surface area contributed by atoms with E-state index >= 15 is 0 Å². The van der Waals surface area contributed by atoms with Crippen molar-refractivity contribution in [3.8, 4) is 0 Å². The summed E-state index contributed by atoms with van der Waals surface area (Å²) in [5, 5.41) is 18.5. The first kappa shape index (κ1) is 17.4. The van der Waals surface area contributed by atoms with Crippen LogP contribution in [0.1, 0.15) is 11.1 Å². The summed E-state index contributed by atoms with van der Waals surface area (Å²) >= 11 is 5.92. The van der Waals surface area contributed by atoms with E-state index < -0.39 is 17.4 Å². The van der Waals surface area contributed by atoms with Crippen molar-refractivity contribution in [3.05, 3.63) is 67.4 Å². The molecule has 8 heteroatoms. The van der Waals surface area contributed by atoms with Crippen LogP contribution in [-0.4, -0.2) is 39.1 Å². The molecule has 0 spiro atoms. The van der Waals surface area contributed by atoms with Gasteiger partial charge in [0.25, 0.3) is 5.56 Å². The van der Waals surface area contributed by atoms with Gasteiger partial charge in [-0.3, -0.25) is 14.3 Å². The Bertz CT molecular complexity index is 767. The maximum Gasteiger partial charge on any atom is 0.330 e. The second kappa shape index (κ2) is 8.07. The number of nitrogens with zero attached hydrogens (tertiary/aromatic N) is 1. The van der Waals surface area contributed by atoms with Crippen molar-refractivity contribution in [2.45, 2.75) is 19.3 Å². The van der Waals surface area contributed by atoms with Gasteiger partial charge in [0.15, 0.2) is 0 Å². The van der Waals surface area contributed by atoms with Crippen molar-refractivity contribution in [2.24, 2.45) is 0 Å². The molecule has 2 rings (SSSR count). The van der Waals surface area contributed by atoms with Gasteiger partial charge in [0.1, 0.15) is 12.8 Å². The number of rotatable bonds is 7. The minimum Gasteiger partial charge on any atom is -0.394 e. The number of hydrogen-bond donors (Lipinski definition) is 3. The van der Waals surface area contributed by atoms with Crippen LogP contribution in [0, 0.1) is 0 Å². The number of aliphatic hydroxyl groups is 2. The van der Waals surface area contributed by atoms with Crippen LogP contribution in [0.3, 0.4) is 0 Å². The summed E-state index contributed by atoms with van der Waals surface area (Å²) in [6.45, 7) is -0.933. The van der Waals surface area contributed by atoms with E-state index in [1.165, 1.54) is 10.8 Å². The maximum absolute atomic E-state index is 11.9. The largest absolute Gasteiger partial charge is 0.394 e. The number of aromatic nitrogens is 2. The number of nitrogens with one attached hydrogen (secondary N) is 1. The van der Waals surface area contributed by atoms with Gasteiger partial charge >= 0.3 is 5.69 Å². The Morgan fingerprint density at radius 1 is 1.26 bits per heavy atom. The molecule has 0 fully saturated rings. The van der Waals surface area contributed by atoms with Gasteiger partial charge in [-0.25, -0.2) is 4.79 Å². The Hall–Kier alpha value is -1.93. The van der Waals surface area contributed by atoms with Crippen LogP contribution in [0.15, 0.2) is 40.1 Å². The number of ether oxygens (including phenoxy) is 1. The quantitative estimate of drug-likeness (QED) is 0.663. The molecule has 3 N–H and O–H groups in total. The van der Waals surface area contributed by atoms with Crippen LogP contribution >= 0.6 is 11.6 Å². The van der Waals surface area contributed by atoms with E-state index in [0.29, 0.717) is 17.0 Å². The first-order valence-electron chi connectivity index (χ1n) is 6.94. The predicted octanol–water partition coefficient (Wildman–Crippen LogP) is 0.108. The number of aliphatic hydroxyl groups excluding tert-OH is 2.